The number of nitrogens with zero attached hydrogens (tertiary/aromatic N) is 2. The summed E-state index contributed by atoms with van der Waals surface area (Å²) in [5, 5.41) is 3.33. The average molecular weight is 263 g/mol. The smallest absolute Gasteiger partial charge is 0.126 e. The molecule has 0 amide bonds. The third kappa shape index (κ3) is 4.48. The number of anilines is 1. The van der Waals surface area contributed by atoms with E-state index in [1.165, 1.54) is 5.56 Å². The Morgan fingerprint density at radius 2 is 2.32 bits per heavy atom. The Hall–Kier alpha value is -1.13. The molecular formula is C15H25N3O. The maximum atomic E-state index is 5.74. The Morgan fingerprint density at radius 3 is 3.05 bits per heavy atom. The number of nitrogens with one attached hydrogen (secondary N) is 1. The largest absolute Gasteiger partial charge is 0.373 e. The number of pyridine rings is 1. The Bertz CT molecular complexity index is 406. The van der Waals surface area contributed by atoms with Gasteiger partial charge in [0.2, 0.25) is 0 Å². The van der Waals surface area contributed by atoms with Gasteiger partial charge in [-0.05, 0) is 38.0 Å². The first-order valence-corrected chi connectivity index (χ1v) is 7.14. The van der Waals surface area contributed by atoms with Crippen molar-refractivity contribution in [2.75, 3.05) is 31.6 Å². The maximum absolute atomic E-state index is 5.74. The molecule has 1 fully saturated rings. The summed E-state index contributed by atoms with van der Waals surface area (Å²) in [6, 6.07) is 4.25. The van der Waals surface area contributed by atoms with Crippen LogP contribution in [0.1, 0.15) is 32.8 Å². The summed E-state index contributed by atoms with van der Waals surface area (Å²) < 4.78 is 5.74. The Balaban J connectivity index is 1.94. The zero-order valence-electron chi connectivity index (χ0n) is 12.3. The van der Waals surface area contributed by atoms with E-state index in [0.717, 1.165) is 45.0 Å². The molecule has 0 bridgehead atoms. The Kier molecular flexibility index (Phi) is 4.77. The first-order chi connectivity index (χ1) is 9.09. The van der Waals surface area contributed by atoms with Gasteiger partial charge in [-0.2, -0.15) is 0 Å². The molecule has 0 unspecified atom stereocenters. The van der Waals surface area contributed by atoms with Gasteiger partial charge in [0.25, 0.3) is 0 Å². The van der Waals surface area contributed by atoms with E-state index in [2.05, 4.69) is 48.1 Å². The first-order valence-electron chi connectivity index (χ1n) is 7.14. The fourth-order valence-corrected chi connectivity index (χ4v) is 2.43. The maximum Gasteiger partial charge on any atom is 0.126 e. The first kappa shape index (κ1) is 14.3. The quantitative estimate of drug-likeness (QED) is 0.886. The van der Waals surface area contributed by atoms with Crippen molar-refractivity contribution in [2.24, 2.45) is 0 Å². The lowest BCUT2D eigenvalue weighted by molar-refractivity contribution is -0.0882. The van der Waals surface area contributed by atoms with E-state index in [1.807, 2.05) is 6.20 Å². The molecular weight excluding hydrogens is 238 g/mol. The molecule has 1 aromatic heterocycles. The lowest BCUT2D eigenvalue weighted by atomic mass is 10.1. The molecule has 0 aromatic carbocycles. The van der Waals surface area contributed by atoms with Crippen molar-refractivity contribution < 1.29 is 4.74 Å². The standard InChI is InChI=1S/C15H25N3O/c1-4-6-16-14-10-13(5-7-17-14)11-18-8-9-19-15(2,3)12-18/h5,7,10H,4,6,8-9,11-12H2,1-3H3,(H,16,17). The van der Waals surface area contributed by atoms with Gasteiger partial charge in [0, 0.05) is 32.4 Å². The van der Waals surface area contributed by atoms with Crippen LogP contribution in [0.5, 0.6) is 0 Å². The molecule has 1 aromatic rings. The van der Waals surface area contributed by atoms with E-state index in [0.29, 0.717) is 0 Å². The van der Waals surface area contributed by atoms with Crippen LogP contribution in [0.4, 0.5) is 5.82 Å². The van der Waals surface area contributed by atoms with Gasteiger partial charge >= 0.3 is 0 Å². The van der Waals surface area contributed by atoms with E-state index >= 15 is 0 Å². The van der Waals surface area contributed by atoms with Gasteiger partial charge in [-0.3, -0.25) is 4.90 Å². The molecule has 1 aliphatic rings. The summed E-state index contributed by atoms with van der Waals surface area (Å²) in [6.07, 6.45) is 3.00. The van der Waals surface area contributed by atoms with Crippen LogP contribution in [-0.2, 0) is 11.3 Å². The normalized spacial score (nSPS) is 19.3. The zero-order chi connectivity index (χ0) is 13.7. The van der Waals surface area contributed by atoms with E-state index in [1.54, 1.807) is 0 Å². The van der Waals surface area contributed by atoms with Crippen molar-refractivity contribution in [1.82, 2.24) is 9.88 Å². The van der Waals surface area contributed by atoms with Crippen LogP contribution >= 0.6 is 0 Å². The second-order valence-corrected chi connectivity index (χ2v) is 5.79. The minimum absolute atomic E-state index is 0.0332. The van der Waals surface area contributed by atoms with Gasteiger partial charge in [-0.1, -0.05) is 6.92 Å². The monoisotopic (exact) mass is 263 g/mol. The molecule has 1 N–H and O–H groups in total. The number of hydrogen-bond acceptors (Lipinski definition) is 4. The summed E-state index contributed by atoms with van der Waals surface area (Å²) in [5.74, 6) is 0.979. The Morgan fingerprint density at radius 1 is 1.47 bits per heavy atom. The molecule has 4 heteroatoms. The summed E-state index contributed by atoms with van der Waals surface area (Å²) >= 11 is 0. The summed E-state index contributed by atoms with van der Waals surface area (Å²) in [5.41, 5.74) is 1.28. The number of rotatable bonds is 5. The van der Waals surface area contributed by atoms with Gasteiger partial charge in [0.05, 0.1) is 12.2 Å². The Labute approximate surface area is 116 Å². The lowest BCUT2D eigenvalue weighted by Crippen LogP contribution is -2.47. The molecule has 2 rings (SSSR count). The van der Waals surface area contributed by atoms with Crippen LogP contribution in [0.3, 0.4) is 0 Å². The zero-order valence-corrected chi connectivity index (χ0v) is 12.3. The molecule has 1 aliphatic heterocycles. The third-order valence-corrected chi connectivity index (χ3v) is 3.29. The van der Waals surface area contributed by atoms with Gasteiger partial charge in [-0.25, -0.2) is 4.98 Å². The molecule has 2 heterocycles. The van der Waals surface area contributed by atoms with Crippen molar-refractivity contribution in [2.45, 2.75) is 39.3 Å². The summed E-state index contributed by atoms with van der Waals surface area (Å²) in [6.45, 7) is 11.2. The van der Waals surface area contributed by atoms with Crippen LogP contribution in [0.25, 0.3) is 0 Å². The highest BCUT2D eigenvalue weighted by Crippen LogP contribution is 2.19. The second-order valence-electron chi connectivity index (χ2n) is 5.79. The second kappa shape index (κ2) is 6.35. The molecule has 4 nitrogen and oxygen atoms in total. The van der Waals surface area contributed by atoms with Crippen molar-refractivity contribution in [3.63, 3.8) is 0 Å². The highest BCUT2D eigenvalue weighted by Gasteiger charge is 2.26. The molecule has 0 saturated carbocycles. The minimum Gasteiger partial charge on any atom is -0.373 e. The van der Waals surface area contributed by atoms with Crippen LogP contribution in [0, 0.1) is 0 Å². The van der Waals surface area contributed by atoms with E-state index in [9.17, 15) is 0 Å². The van der Waals surface area contributed by atoms with Crippen molar-refractivity contribution in [3.05, 3.63) is 23.9 Å². The predicted octanol–water partition coefficient (Wildman–Crippen LogP) is 2.51. The fourth-order valence-electron chi connectivity index (χ4n) is 2.43. The van der Waals surface area contributed by atoms with E-state index < -0.39 is 0 Å². The molecule has 0 spiro atoms. The lowest BCUT2D eigenvalue weighted by Gasteiger charge is -2.38. The molecule has 0 atom stereocenters. The highest BCUT2D eigenvalue weighted by atomic mass is 16.5. The number of morpholine rings is 1. The third-order valence-electron chi connectivity index (χ3n) is 3.29. The van der Waals surface area contributed by atoms with Gasteiger partial charge in [-0.15, -0.1) is 0 Å². The molecule has 1 saturated heterocycles. The van der Waals surface area contributed by atoms with Crippen molar-refractivity contribution in [1.29, 1.82) is 0 Å². The van der Waals surface area contributed by atoms with Gasteiger partial charge in [0.15, 0.2) is 0 Å². The van der Waals surface area contributed by atoms with Crippen LogP contribution < -0.4 is 5.32 Å². The van der Waals surface area contributed by atoms with E-state index in [-0.39, 0.29) is 5.60 Å². The number of hydrogen-bond donors (Lipinski definition) is 1. The number of aromatic nitrogens is 1. The SMILES string of the molecule is CCCNc1cc(CN2CCOC(C)(C)C2)ccn1. The fraction of sp³-hybridized carbons (Fsp3) is 0.667. The van der Waals surface area contributed by atoms with Gasteiger partial charge in [0.1, 0.15) is 5.82 Å². The van der Waals surface area contributed by atoms with Crippen LogP contribution in [0.2, 0.25) is 0 Å². The number of ether oxygens (including phenoxy) is 1. The predicted molar refractivity (Wildman–Crippen MR) is 78.3 cm³/mol. The molecule has 19 heavy (non-hydrogen) atoms. The summed E-state index contributed by atoms with van der Waals surface area (Å²) in [4.78, 5) is 6.79. The van der Waals surface area contributed by atoms with Crippen molar-refractivity contribution in [3.8, 4) is 0 Å². The van der Waals surface area contributed by atoms with Crippen LogP contribution in [-0.4, -0.2) is 41.7 Å². The van der Waals surface area contributed by atoms with Crippen LogP contribution in [0.15, 0.2) is 18.3 Å². The highest BCUT2D eigenvalue weighted by molar-refractivity contribution is 5.37. The van der Waals surface area contributed by atoms with Gasteiger partial charge < -0.3 is 10.1 Å². The molecule has 106 valence electrons. The van der Waals surface area contributed by atoms with Crippen molar-refractivity contribution >= 4 is 5.82 Å². The summed E-state index contributed by atoms with van der Waals surface area (Å²) in [7, 11) is 0. The average Bonchev–Trinajstić information content (AvgIpc) is 2.35. The van der Waals surface area contributed by atoms with E-state index in [4.69, 9.17) is 4.74 Å². The molecule has 0 aliphatic carbocycles. The minimum atomic E-state index is -0.0332. The topological polar surface area (TPSA) is 37.4 Å². The molecule has 0 radical (unpaired) electrons.